The van der Waals surface area contributed by atoms with Crippen LogP contribution in [0, 0.1) is 11.3 Å². The Labute approximate surface area is 107 Å². The summed E-state index contributed by atoms with van der Waals surface area (Å²) < 4.78 is 11.0. The zero-order valence-electron chi connectivity index (χ0n) is 12.5. The summed E-state index contributed by atoms with van der Waals surface area (Å²) in [7, 11) is 0. The third-order valence-corrected chi connectivity index (χ3v) is 3.41. The van der Waals surface area contributed by atoms with E-state index in [0.29, 0.717) is 24.5 Å². The molecule has 0 spiro atoms. The Morgan fingerprint density at radius 2 is 1.59 bits per heavy atom. The van der Waals surface area contributed by atoms with Crippen molar-refractivity contribution in [2.75, 3.05) is 26.3 Å². The van der Waals surface area contributed by atoms with Gasteiger partial charge in [-0.15, -0.1) is 0 Å². The van der Waals surface area contributed by atoms with Gasteiger partial charge in [-0.3, -0.25) is 0 Å². The maximum Gasteiger partial charge on any atom is 0.158 e. The van der Waals surface area contributed by atoms with Crippen molar-refractivity contribution in [3.05, 3.63) is 0 Å². The van der Waals surface area contributed by atoms with Crippen LogP contribution in [0.2, 0.25) is 0 Å². The maximum absolute atomic E-state index is 5.50. The van der Waals surface area contributed by atoms with Gasteiger partial charge in [0.15, 0.2) is 6.29 Å². The van der Waals surface area contributed by atoms with Crippen LogP contribution in [0.25, 0.3) is 0 Å². The van der Waals surface area contributed by atoms with Crippen LogP contribution in [0.15, 0.2) is 0 Å². The highest BCUT2D eigenvalue weighted by atomic mass is 16.7. The molecule has 0 aliphatic rings. The number of nitrogens with one attached hydrogen (secondary N) is 1. The monoisotopic (exact) mass is 245 g/mol. The summed E-state index contributed by atoms with van der Waals surface area (Å²) in [6, 6.07) is 0. The van der Waals surface area contributed by atoms with Gasteiger partial charge in [0.05, 0.1) is 0 Å². The number of hydrogen-bond acceptors (Lipinski definition) is 3. The summed E-state index contributed by atoms with van der Waals surface area (Å²) in [4.78, 5) is 0. The predicted octanol–water partition coefficient (Wildman–Crippen LogP) is 3.05. The number of hydrogen-bond donors (Lipinski definition) is 1. The van der Waals surface area contributed by atoms with E-state index in [9.17, 15) is 0 Å². The van der Waals surface area contributed by atoms with Crippen molar-refractivity contribution in [3.8, 4) is 0 Å². The third kappa shape index (κ3) is 7.74. The first-order chi connectivity index (χ1) is 7.94. The molecule has 0 saturated carbocycles. The smallest absolute Gasteiger partial charge is 0.158 e. The lowest BCUT2D eigenvalue weighted by Gasteiger charge is -2.29. The molecule has 0 bridgehead atoms. The highest BCUT2D eigenvalue weighted by molar-refractivity contribution is 4.74. The van der Waals surface area contributed by atoms with Crippen LogP contribution in [0.5, 0.6) is 0 Å². The Balaban J connectivity index is 3.74. The summed E-state index contributed by atoms with van der Waals surface area (Å²) >= 11 is 0. The molecule has 3 heteroatoms. The van der Waals surface area contributed by atoms with Crippen LogP contribution in [0.4, 0.5) is 0 Å². The summed E-state index contributed by atoms with van der Waals surface area (Å²) in [6.07, 6.45) is 0.857. The Hall–Kier alpha value is -0.120. The minimum Gasteiger partial charge on any atom is -0.353 e. The Morgan fingerprint density at radius 3 is 2.00 bits per heavy atom. The van der Waals surface area contributed by atoms with Gasteiger partial charge in [-0.1, -0.05) is 27.7 Å². The number of rotatable bonds is 10. The van der Waals surface area contributed by atoms with E-state index in [0.717, 1.165) is 19.5 Å². The molecule has 0 unspecified atom stereocenters. The van der Waals surface area contributed by atoms with Crippen LogP contribution < -0.4 is 5.32 Å². The average molecular weight is 245 g/mol. The molecule has 0 saturated heterocycles. The van der Waals surface area contributed by atoms with Crippen molar-refractivity contribution in [1.29, 1.82) is 0 Å². The maximum atomic E-state index is 5.50. The lowest BCUT2D eigenvalue weighted by molar-refractivity contribution is -0.138. The molecule has 0 fully saturated rings. The molecule has 1 N–H and O–H groups in total. The van der Waals surface area contributed by atoms with E-state index in [-0.39, 0.29) is 6.29 Å². The molecular formula is C14H31NO2. The van der Waals surface area contributed by atoms with E-state index in [4.69, 9.17) is 9.47 Å². The second-order valence-electron chi connectivity index (χ2n) is 5.45. The molecule has 0 aromatic rings. The van der Waals surface area contributed by atoms with Gasteiger partial charge in [0.1, 0.15) is 0 Å². The van der Waals surface area contributed by atoms with Gasteiger partial charge in [0, 0.05) is 26.2 Å². The van der Waals surface area contributed by atoms with Crippen LogP contribution in [-0.4, -0.2) is 32.6 Å². The first kappa shape index (κ1) is 16.9. The van der Waals surface area contributed by atoms with Gasteiger partial charge < -0.3 is 14.8 Å². The average Bonchev–Trinajstić information content (AvgIpc) is 2.24. The summed E-state index contributed by atoms with van der Waals surface area (Å²) in [5, 5.41) is 3.49. The summed E-state index contributed by atoms with van der Waals surface area (Å²) in [5.41, 5.74) is 0.340. The second-order valence-corrected chi connectivity index (χ2v) is 5.45. The van der Waals surface area contributed by atoms with Crippen LogP contribution in [0.3, 0.4) is 0 Å². The van der Waals surface area contributed by atoms with Crippen molar-refractivity contribution in [2.24, 2.45) is 11.3 Å². The van der Waals surface area contributed by atoms with E-state index in [1.54, 1.807) is 0 Å². The van der Waals surface area contributed by atoms with Gasteiger partial charge in [0.25, 0.3) is 0 Å². The first-order valence-electron chi connectivity index (χ1n) is 6.88. The first-order valence-corrected chi connectivity index (χ1v) is 6.88. The molecule has 104 valence electrons. The minimum absolute atomic E-state index is 0.0559. The van der Waals surface area contributed by atoms with Crippen molar-refractivity contribution in [3.63, 3.8) is 0 Å². The minimum atomic E-state index is -0.0559. The Morgan fingerprint density at radius 1 is 1.06 bits per heavy atom. The standard InChI is InChI=1S/C14H31NO2/c1-7-16-13(17-8-2)9-10-15-11-14(5,6)12(3)4/h12-13,15H,7-11H2,1-6H3. The Kier molecular flexibility index (Phi) is 8.83. The molecule has 0 amide bonds. The summed E-state index contributed by atoms with van der Waals surface area (Å²) in [5.74, 6) is 0.685. The molecule has 0 rings (SSSR count). The van der Waals surface area contributed by atoms with Crippen LogP contribution in [0.1, 0.15) is 48.0 Å². The SMILES string of the molecule is CCOC(CCNCC(C)(C)C(C)C)OCC. The van der Waals surface area contributed by atoms with Crippen LogP contribution in [-0.2, 0) is 9.47 Å². The van der Waals surface area contributed by atoms with Gasteiger partial charge in [-0.05, 0) is 31.7 Å². The fraction of sp³-hybridized carbons (Fsp3) is 1.00. The molecule has 0 atom stereocenters. The summed E-state index contributed by atoms with van der Waals surface area (Å²) in [6.45, 7) is 16.5. The van der Waals surface area contributed by atoms with Gasteiger partial charge in [0.2, 0.25) is 0 Å². The fourth-order valence-corrected chi connectivity index (χ4v) is 1.42. The van der Waals surface area contributed by atoms with E-state index < -0.39 is 0 Å². The molecule has 0 radical (unpaired) electrons. The van der Waals surface area contributed by atoms with E-state index in [1.165, 1.54) is 0 Å². The van der Waals surface area contributed by atoms with E-state index in [1.807, 2.05) is 13.8 Å². The van der Waals surface area contributed by atoms with Gasteiger partial charge >= 0.3 is 0 Å². The highest BCUT2D eigenvalue weighted by Crippen LogP contribution is 2.24. The van der Waals surface area contributed by atoms with Crippen LogP contribution >= 0.6 is 0 Å². The topological polar surface area (TPSA) is 30.5 Å². The molecule has 0 aliphatic heterocycles. The zero-order chi connectivity index (χ0) is 13.3. The van der Waals surface area contributed by atoms with E-state index >= 15 is 0 Å². The molecule has 17 heavy (non-hydrogen) atoms. The second kappa shape index (κ2) is 8.90. The molecule has 0 aromatic heterocycles. The largest absolute Gasteiger partial charge is 0.353 e. The lowest BCUT2D eigenvalue weighted by Crippen LogP contribution is -2.35. The molecule has 3 nitrogen and oxygen atoms in total. The number of ether oxygens (including phenoxy) is 2. The van der Waals surface area contributed by atoms with Crippen molar-refractivity contribution < 1.29 is 9.47 Å². The van der Waals surface area contributed by atoms with Crippen molar-refractivity contribution >= 4 is 0 Å². The Bertz CT molecular complexity index is 175. The molecule has 0 aliphatic carbocycles. The molecule has 0 heterocycles. The fourth-order valence-electron chi connectivity index (χ4n) is 1.42. The quantitative estimate of drug-likeness (QED) is 0.474. The van der Waals surface area contributed by atoms with E-state index in [2.05, 4.69) is 33.0 Å². The normalized spacial score (nSPS) is 12.7. The van der Waals surface area contributed by atoms with Crippen molar-refractivity contribution in [2.45, 2.75) is 54.3 Å². The third-order valence-electron chi connectivity index (χ3n) is 3.41. The highest BCUT2D eigenvalue weighted by Gasteiger charge is 2.21. The zero-order valence-corrected chi connectivity index (χ0v) is 12.5. The van der Waals surface area contributed by atoms with Crippen molar-refractivity contribution in [1.82, 2.24) is 5.32 Å². The molecular weight excluding hydrogens is 214 g/mol. The lowest BCUT2D eigenvalue weighted by atomic mass is 9.81. The predicted molar refractivity (Wildman–Crippen MR) is 73.1 cm³/mol. The molecule has 0 aromatic carbocycles. The van der Waals surface area contributed by atoms with Gasteiger partial charge in [-0.2, -0.15) is 0 Å². The van der Waals surface area contributed by atoms with Gasteiger partial charge in [-0.25, -0.2) is 0 Å².